The van der Waals surface area contributed by atoms with Gasteiger partial charge in [-0.1, -0.05) is 13.8 Å². The summed E-state index contributed by atoms with van der Waals surface area (Å²) in [5, 5.41) is 18.3. The maximum Gasteiger partial charge on any atom is 0.306 e. The largest absolute Gasteiger partial charge is 0.493 e. The zero-order valence-corrected chi connectivity index (χ0v) is 27.7. The van der Waals surface area contributed by atoms with Gasteiger partial charge in [-0.3, -0.25) is 19.2 Å². The summed E-state index contributed by atoms with van der Waals surface area (Å²) >= 11 is 3.66. The smallest absolute Gasteiger partial charge is 0.306 e. The Morgan fingerprint density at radius 2 is 1.29 bits per heavy atom. The van der Waals surface area contributed by atoms with Crippen molar-refractivity contribution in [2.24, 2.45) is 11.8 Å². The maximum absolute atomic E-state index is 12.8. The Labute approximate surface area is 270 Å². The van der Waals surface area contributed by atoms with Crippen LogP contribution < -0.4 is 18.9 Å². The topological polar surface area (TPSA) is 152 Å². The van der Waals surface area contributed by atoms with Gasteiger partial charge < -0.3 is 39.0 Å². The Kier molecular flexibility index (Phi) is 10.8. The summed E-state index contributed by atoms with van der Waals surface area (Å²) in [5.74, 6) is -1.79. The molecular weight excluding hydrogens is 652 g/mol. The highest BCUT2D eigenvalue weighted by Gasteiger charge is 2.33. The molecule has 2 aliphatic heterocycles. The molecule has 0 aliphatic carbocycles. The lowest BCUT2D eigenvalue weighted by Gasteiger charge is -2.18. The number of nitrogens with zero attached hydrogens (tertiary/aromatic N) is 2. The van der Waals surface area contributed by atoms with Gasteiger partial charge >= 0.3 is 11.9 Å². The van der Waals surface area contributed by atoms with Crippen LogP contribution in [0.25, 0.3) is 0 Å². The Hall–Kier alpha value is -4.00. The molecule has 0 saturated carbocycles. The third kappa shape index (κ3) is 7.46. The maximum atomic E-state index is 12.8. The highest BCUT2D eigenvalue weighted by atomic mass is 79.9. The monoisotopic (exact) mass is 690 g/mol. The van der Waals surface area contributed by atoms with E-state index in [0.717, 1.165) is 27.8 Å². The summed E-state index contributed by atoms with van der Waals surface area (Å²) in [6.45, 7) is 7.04. The number of methoxy groups -OCH3 is 2. The molecule has 0 aromatic heterocycles. The predicted octanol–water partition coefficient (Wildman–Crippen LogP) is 4.53. The quantitative estimate of drug-likeness (QED) is 0.271. The van der Waals surface area contributed by atoms with Crippen LogP contribution in [-0.4, -0.2) is 71.2 Å². The second kappa shape index (κ2) is 14.4. The first kappa shape index (κ1) is 33.9. The third-order valence-corrected chi connectivity index (χ3v) is 9.08. The first-order chi connectivity index (χ1) is 21.4. The second-order valence-corrected chi connectivity index (χ2v) is 12.3. The van der Waals surface area contributed by atoms with Crippen LogP contribution >= 0.6 is 15.9 Å². The number of aliphatic carboxylic acids is 2. The number of carbonyl (C=O) groups is 4. The zero-order chi connectivity index (χ0) is 33.0. The molecule has 4 rings (SSSR count). The van der Waals surface area contributed by atoms with Gasteiger partial charge in [-0.15, -0.1) is 0 Å². The molecule has 2 heterocycles. The van der Waals surface area contributed by atoms with Crippen LogP contribution in [-0.2, 0) is 45.4 Å². The molecule has 244 valence electrons. The Morgan fingerprint density at radius 3 is 1.82 bits per heavy atom. The van der Waals surface area contributed by atoms with Crippen molar-refractivity contribution >= 4 is 39.7 Å². The molecule has 0 radical (unpaired) electrons. The number of hydrogen-bond donors (Lipinski definition) is 2. The lowest BCUT2D eigenvalue weighted by atomic mass is 10.0. The number of hydrogen-bond acceptors (Lipinski definition) is 8. The van der Waals surface area contributed by atoms with Crippen molar-refractivity contribution in [3.63, 3.8) is 0 Å². The van der Waals surface area contributed by atoms with E-state index in [1.54, 1.807) is 24.0 Å². The summed E-state index contributed by atoms with van der Waals surface area (Å²) < 4.78 is 24.1. The Balaban J connectivity index is 1.36. The van der Waals surface area contributed by atoms with Crippen molar-refractivity contribution in [1.82, 2.24) is 9.80 Å². The molecule has 2 unspecified atom stereocenters. The summed E-state index contributed by atoms with van der Waals surface area (Å²) in [6, 6.07) is 3.71. The van der Waals surface area contributed by atoms with E-state index in [1.807, 2.05) is 19.1 Å². The molecular formula is C32H39BrN2O10. The van der Waals surface area contributed by atoms with Crippen LogP contribution in [0.4, 0.5) is 0 Å². The number of rotatable bonds is 14. The van der Waals surface area contributed by atoms with Gasteiger partial charge in [0.2, 0.25) is 11.8 Å². The van der Waals surface area contributed by atoms with E-state index in [2.05, 4.69) is 15.9 Å². The van der Waals surface area contributed by atoms with E-state index in [9.17, 15) is 24.3 Å². The molecule has 2 aliphatic rings. The molecule has 2 atom stereocenters. The molecule has 0 saturated heterocycles. The molecule has 2 N–H and O–H groups in total. The van der Waals surface area contributed by atoms with Crippen molar-refractivity contribution in [2.75, 3.05) is 27.4 Å². The molecule has 0 spiro atoms. The summed E-state index contributed by atoms with van der Waals surface area (Å²) in [7, 11) is 3.11. The van der Waals surface area contributed by atoms with Crippen molar-refractivity contribution in [3.8, 4) is 23.0 Å². The minimum absolute atomic E-state index is 0.0586. The molecule has 2 aromatic rings. The molecule has 0 fully saturated rings. The number of carboxylic acid groups (broad SMARTS) is 2. The van der Waals surface area contributed by atoms with Gasteiger partial charge in [-0.05, 0) is 57.2 Å². The summed E-state index contributed by atoms with van der Waals surface area (Å²) in [5.41, 5.74) is 4.57. The van der Waals surface area contributed by atoms with E-state index < -0.39 is 23.8 Å². The van der Waals surface area contributed by atoms with Crippen molar-refractivity contribution in [2.45, 2.75) is 66.2 Å². The van der Waals surface area contributed by atoms with Crippen molar-refractivity contribution in [1.29, 1.82) is 0 Å². The number of carbonyl (C=O) groups excluding carboxylic acids is 2. The van der Waals surface area contributed by atoms with E-state index in [0.29, 0.717) is 73.3 Å². The van der Waals surface area contributed by atoms with Crippen LogP contribution in [0.5, 0.6) is 23.0 Å². The van der Waals surface area contributed by atoms with Gasteiger partial charge in [0.1, 0.15) is 0 Å². The second-order valence-electron chi connectivity index (χ2n) is 11.5. The SMILES string of the molecule is COc1cc2c(cc1OCCCOc1c(Br)c3c(c(C)c1OC)CN(C(=O)CC(C)C(=O)O)C3)CN(C(=O)CC(C)C(=O)O)C2. The van der Waals surface area contributed by atoms with Gasteiger partial charge in [0.05, 0.1) is 43.7 Å². The molecule has 2 aromatic carbocycles. The summed E-state index contributed by atoms with van der Waals surface area (Å²) in [6.07, 6.45) is 0.399. The Bertz CT molecular complexity index is 1490. The normalized spacial score (nSPS) is 14.8. The first-order valence-electron chi connectivity index (χ1n) is 14.7. The van der Waals surface area contributed by atoms with Gasteiger partial charge in [-0.25, -0.2) is 0 Å². The molecule has 12 nitrogen and oxygen atoms in total. The molecule has 45 heavy (non-hydrogen) atoms. The van der Waals surface area contributed by atoms with Gasteiger partial charge in [0.25, 0.3) is 0 Å². The van der Waals surface area contributed by atoms with E-state index in [-0.39, 0.29) is 24.7 Å². The number of carboxylic acids is 2. The third-order valence-electron chi connectivity index (χ3n) is 8.24. The van der Waals surface area contributed by atoms with Crippen molar-refractivity contribution < 1.29 is 48.3 Å². The highest BCUT2D eigenvalue weighted by Crippen LogP contribution is 2.46. The van der Waals surface area contributed by atoms with E-state index in [4.69, 9.17) is 24.1 Å². The minimum Gasteiger partial charge on any atom is -0.493 e. The number of amides is 2. The molecule has 13 heteroatoms. The fourth-order valence-corrected chi connectivity index (χ4v) is 6.16. The van der Waals surface area contributed by atoms with Crippen LogP contribution in [0.1, 0.15) is 60.9 Å². The average molecular weight is 692 g/mol. The van der Waals surface area contributed by atoms with E-state index in [1.165, 1.54) is 13.8 Å². The number of benzene rings is 2. The fraction of sp³-hybridized carbons (Fsp3) is 0.500. The fourth-order valence-electron chi connectivity index (χ4n) is 5.50. The van der Waals surface area contributed by atoms with Crippen molar-refractivity contribution in [3.05, 3.63) is 44.4 Å². The molecule has 2 amide bonds. The average Bonchev–Trinajstić information content (AvgIpc) is 3.64. The van der Waals surface area contributed by atoms with Crippen LogP contribution in [0.2, 0.25) is 0 Å². The number of halogens is 1. The van der Waals surface area contributed by atoms with Gasteiger partial charge in [0, 0.05) is 51.0 Å². The summed E-state index contributed by atoms with van der Waals surface area (Å²) in [4.78, 5) is 51.1. The van der Waals surface area contributed by atoms with Crippen LogP contribution in [0.15, 0.2) is 16.6 Å². The lowest BCUT2D eigenvalue weighted by Crippen LogP contribution is -2.28. The highest BCUT2D eigenvalue weighted by molar-refractivity contribution is 9.10. The number of fused-ring (bicyclic) bond motifs is 2. The minimum atomic E-state index is -1.00. The Morgan fingerprint density at radius 1 is 0.778 bits per heavy atom. The first-order valence-corrected chi connectivity index (χ1v) is 15.5. The standard InChI is InChI=1S/C32H39BrN2O10/c1-17(31(38)39)9-26(36)34-13-20-11-24(42-4)25(12-21(20)14-34)44-7-6-8-45-30-28(33)23-16-35(27(37)10-18(2)32(40)41)15-22(23)19(3)29(30)43-5/h11-12,17-18H,6-10,13-16H2,1-5H3,(H,38,39)(H,40,41). The number of ether oxygens (including phenoxy) is 4. The van der Waals surface area contributed by atoms with Gasteiger partial charge in [0.15, 0.2) is 23.0 Å². The molecule has 0 bridgehead atoms. The van der Waals surface area contributed by atoms with Crippen LogP contribution in [0.3, 0.4) is 0 Å². The van der Waals surface area contributed by atoms with E-state index >= 15 is 0 Å². The predicted molar refractivity (Wildman–Crippen MR) is 165 cm³/mol. The lowest BCUT2D eigenvalue weighted by molar-refractivity contribution is -0.145. The van der Waals surface area contributed by atoms with Crippen LogP contribution in [0, 0.1) is 18.8 Å². The zero-order valence-electron chi connectivity index (χ0n) is 26.1. The van der Waals surface area contributed by atoms with Gasteiger partial charge in [-0.2, -0.15) is 0 Å².